The van der Waals surface area contributed by atoms with Crippen molar-refractivity contribution in [1.82, 2.24) is 20.1 Å². The fourth-order valence-corrected chi connectivity index (χ4v) is 2.20. The molecule has 0 aliphatic carbocycles. The predicted molar refractivity (Wildman–Crippen MR) is 76.8 cm³/mol. The van der Waals surface area contributed by atoms with Gasteiger partial charge in [0.25, 0.3) is 0 Å². The standard InChI is InChI=1S/C15H21FN4/c1-3-6-18-15(13-5-7-17-10-14(13)16)12-9-19-20(11-12)8-4-2/h5,7,9-11,15,18H,3-4,6,8H2,1-2H3. The number of nitrogens with zero attached hydrogens (tertiary/aromatic N) is 3. The summed E-state index contributed by atoms with van der Waals surface area (Å²) in [6.07, 6.45) is 8.69. The average Bonchev–Trinajstić information content (AvgIpc) is 2.90. The average molecular weight is 276 g/mol. The van der Waals surface area contributed by atoms with E-state index in [1.807, 2.05) is 17.1 Å². The lowest BCUT2D eigenvalue weighted by Crippen LogP contribution is -2.24. The Bertz CT molecular complexity index is 538. The molecule has 0 radical (unpaired) electrons. The molecule has 20 heavy (non-hydrogen) atoms. The fraction of sp³-hybridized carbons (Fsp3) is 0.467. The summed E-state index contributed by atoms with van der Waals surface area (Å²) < 4.78 is 15.9. The highest BCUT2D eigenvalue weighted by Gasteiger charge is 2.18. The van der Waals surface area contributed by atoms with Gasteiger partial charge in [0, 0.05) is 30.1 Å². The van der Waals surface area contributed by atoms with Gasteiger partial charge in [0.1, 0.15) is 5.82 Å². The predicted octanol–water partition coefficient (Wildman–Crippen LogP) is 2.92. The van der Waals surface area contributed by atoms with Crippen LogP contribution < -0.4 is 5.32 Å². The molecule has 5 heteroatoms. The van der Waals surface area contributed by atoms with Crippen LogP contribution in [0.15, 0.2) is 30.9 Å². The van der Waals surface area contributed by atoms with E-state index in [2.05, 4.69) is 29.2 Å². The second-order valence-electron chi connectivity index (χ2n) is 4.82. The van der Waals surface area contributed by atoms with E-state index in [-0.39, 0.29) is 11.9 Å². The molecule has 1 atom stereocenters. The number of rotatable bonds is 7. The number of hydrogen-bond acceptors (Lipinski definition) is 3. The molecule has 4 nitrogen and oxygen atoms in total. The molecule has 2 rings (SSSR count). The van der Waals surface area contributed by atoms with Gasteiger partial charge in [-0.05, 0) is 25.5 Å². The van der Waals surface area contributed by atoms with Gasteiger partial charge in [0.05, 0.1) is 18.4 Å². The Hall–Kier alpha value is -1.75. The molecule has 0 saturated carbocycles. The van der Waals surface area contributed by atoms with Crippen LogP contribution >= 0.6 is 0 Å². The number of nitrogens with one attached hydrogen (secondary N) is 1. The van der Waals surface area contributed by atoms with E-state index in [1.165, 1.54) is 6.20 Å². The first-order valence-corrected chi connectivity index (χ1v) is 7.11. The summed E-state index contributed by atoms with van der Waals surface area (Å²) >= 11 is 0. The third kappa shape index (κ3) is 3.42. The zero-order chi connectivity index (χ0) is 14.4. The lowest BCUT2D eigenvalue weighted by molar-refractivity contribution is 0.541. The van der Waals surface area contributed by atoms with E-state index in [9.17, 15) is 4.39 Å². The summed E-state index contributed by atoms with van der Waals surface area (Å²) in [6.45, 7) is 5.90. The van der Waals surface area contributed by atoms with Crippen LogP contribution in [0.1, 0.15) is 43.9 Å². The van der Waals surface area contributed by atoms with Crippen molar-refractivity contribution in [2.24, 2.45) is 0 Å². The Balaban J connectivity index is 2.29. The molecular weight excluding hydrogens is 255 g/mol. The Morgan fingerprint density at radius 2 is 2.15 bits per heavy atom. The molecule has 2 aromatic rings. The van der Waals surface area contributed by atoms with Crippen LogP contribution in [-0.4, -0.2) is 21.3 Å². The van der Waals surface area contributed by atoms with Crippen molar-refractivity contribution in [2.75, 3.05) is 6.54 Å². The van der Waals surface area contributed by atoms with Gasteiger partial charge in [-0.15, -0.1) is 0 Å². The monoisotopic (exact) mass is 276 g/mol. The maximum Gasteiger partial charge on any atom is 0.146 e. The van der Waals surface area contributed by atoms with Crippen molar-refractivity contribution in [1.29, 1.82) is 0 Å². The van der Waals surface area contributed by atoms with Crippen molar-refractivity contribution in [2.45, 2.75) is 39.3 Å². The first-order chi connectivity index (χ1) is 9.76. The highest BCUT2D eigenvalue weighted by atomic mass is 19.1. The maximum atomic E-state index is 14.0. The highest BCUT2D eigenvalue weighted by Crippen LogP contribution is 2.23. The summed E-state index contributed by atoms with van der Waals surface area (Å²) in [6, 6.07) is 1.54. The van der Waals surface area contributed by atoms with Gasteiger partial charge in [0.2, 0.25) is 0 Å². The second kappa shape index (κ2) is 7.14. The largest absolute Gasteiger partial charge is 0.306 e. The van der Waals surface area contributed by atoms with Gasteiger partial charge >= 0.3 is 0 Å². The second-order valence-corrected chi connectivity index (χ2v) is 4.82. The minimum absolute atomic E-state index is 0.177. The molecule has 0 aromatic carbocycles. The summed E-state index contributed by atoms with van der Waals surface area (Å²) in [5, 5.41) is 7.71. The third-order valence-corrected chi connectivity index (χ3v) is 3.15. The molecule has 1 N–H and O–H groups in total. The number of pyridine rings is 1. The number of aryl methyl sites for hydroxylation is 1. The van der Waals surface area contributed by atoms with Crippen LogP contribution in [0.3, 0.4) is 0 Å². The van der Waals surface area contributed by atoms with Crippen LogP contribution in [0.2, 0.25) is 0 Å². The Labute approximate surface area is 119 Å². The Kier molecular flexibility index (Phi) is 5.24. The van der Waals surface area contributed by atoms with Gasteiger partial charge in [-0.3, -0.25) is 9.67 Å². The number of aromatic nitrogens is 3. The zero-order valence-corrected chi connectivity index (χ0v) is 12.0. The van der Waals surface area contributed by atoms with Crippen molar-refractivity contribution in [3.05, 3.63) is 47.8 Å². The lowest BCUT2D eigenvalue weighted by atomic mass is 10.0. The molecule has 2 aromatic heterocycles. The summed E-state index contributed by atoms with van der Waals surface area (Å²) in [5.41, 5.74) is 1.60. The molecule has 108 valence electrons. The third-order valence-electron chi connectivity index (χ3n) is 3.15. The molecule has 1 unspecified atom stereocenters. The van der Waals surface area contributed by atoms with Crippen LogP contribution in [0, 0.1) is 5.82 Å². The van der Waals surface area contributed by atoms with E-state index in [0.717, 1.165) is 31.5 Å². The van der Waals surface area contributed by atoms with Gasteiger partial charge < -0.3 is 5.32 Å². The molecule has 0 amide bonds. The van der Waals surface area contributed by atoms with Crippen molar-refractivity contribution in [3.63, 3.8) is 0 Å². The SMILES string of the molecule is CCCNC(c1cnn(CCC)c1)c1ccncc1F. The van der Waals surface area contributed by atoms with E-state index in [0.29, 0.717) is 5.56 Å². The van der Waals surface area contributed by atoms with E-state index in [4.69, 9.17) is 0 Å². The van der Waals surface area contributed by atoms with E-state index >= 15 is 0 Å². The van der Waals surface area contributed by atoms with Crippen LogP contribution in [0.25, 0.3) is 0 Å². The number of halogens is 1. The van der Waals surface area contributed by atoms with Crippen LogP contribution in [-0.2, 0) is 6.54 Å². The minimum atomic E-state index is -0.288. The van der Waals surface area contributed by atoms with Gasteiger partial charge in [0.15, 0.2) is 0 Å². The van der Waals surface area contributed by atoms with Crippen molar-refractivity contribution >= 4 is 0 Å². The molecular formula is C15H21FN4. The normalized spacial score (nSPS) is 12.6. The summed E-state index contributed by atoms with van der Waals surface area (Å²) in [4.78, 5) is 3.81. The first-order valence-electron chi connectivity index (χ1n) is 7.11. The van der Waals surface area contributed by atoms with E-state index < -0.39 is 0 Å². The lowest BCUT2D eigenvalue weighted by Gasteiger charge is -2.18. The molecule has 2 heterocycles. The highest BCUT2D eigenvalue weighted by molar-refractivity contribution is 5.28. The zero-order valence-electron chi connectivity index (χ0n) is 12.0. The van der Waals surface area contributed by atoms with Gasteiger partial charge in [-0.2, -0.15) is 5.10 Å². The molecule has 0 aliphatic heterocycles. The summed E-state index contributed by atoms with van der Waals surface area (Å²) in [5.74, 6) is -0.288. The van der Waals surface area contributed by atoms with Crippen LogP contribution in [0.5, 0.6) is 0 Å². The van der Waals surface area contributed by atoms with Gasteiger partial charge in [-0.25, -0.2) is 4.39 Å². The van der Waals surface area contributed by atoms with Crippen molar-refractivity contribution < 1.29 is 4.39 Å². The first kappa shape index (κ1) is 14.7. The summed E-state index contributed by atoms with van der Waals surface area (Å²) in [7, 11) is 0. The maximum absolute atomic E-state index is 14.0. The quantitative estimate of drug-likeness (QED) is 0.845. The minimum Gasteiger partial charge on any atom is -0.306 e. The van der Waals surface area contributed by atoms with E-state index in [1.54, 1.807) is 12.3 Å². The smallest absolute Gasteiger partial charge is 0.146 e. The fourth-order valence-electron chi connectivity index (χ4n) is 2.20. The van der Waals surface area contributed by atoms with Gasteiger partial charge in [-0.1, -0.05) is 13.8 Å². The van der Waals surface area contributed by atoms with Crippen LogP contribution in [0.4, 0.5) is 4.39 Å². The van der Waals surface area contributed by atoms with Crippen molar-refractivity contribution in [3.8, 4) is 0 Å². The molecule has 0 aliphatic rings. The number of hydrogen-bond donors (Lipinski definition) is 1. The Morgan fingerprint density at radius 1 is 1.30 bits per heavy atom. The topological polar surface area (TPSA) is 42.7 Å². The molecule has 0 bridgehead atoms. The molecule has 0 fully saturated rings. The molecule has 0 saturated heterocycles. The Morgan fingerprint density at radius 3 is 2.85 bits per heavy atom. The molecule has 0 spiro atoms.